The van der Waals surface area contributed by atoms with Crippen LogP contribution in [0.3, 0.4) is 0 Å². The highest BCUT2D eigenvalue weighted by Gasteiger charge is 2.48. The van der Waals surface area contributed by atoms with Crippen molar-refractivity contribution in [1.29, 1.82) is 0 Å². The van der Waals surface area contributed by atoms with Crippen LogP contribution in [0.1, 0.15) is 18.4 Å². The Hall–Kier alpha value is -5.04. The van der Waals surface area contributed by atoms with Crippen LogP contribution in [-0.4, -0.2) is 126 Å². The van der Waals surface area contributed by atoms with Gasteiger partial charge in [-0.1, -0.05) is 0 Å². The van der Waals surface area contributed by atoms with Gasteiger partial charge in [0, 0.05) is 30.8 Å². The summed E-state index contributed by atoms with van der Waals surface area (Å²) >= 11 is 0. The van der Waals surface area contributed by atoms with Gasteiger partial charge in [0.1, 0.15) is 36.5 Å². The first kappa shape index (κ1) is 32.9. The molecular formula is C27H28N2O16. The number of aliphatic carboxylic acids is 4. The number of nitrogens with zero attached hydrogens (tertiary/aromatic N) is 2. The molecule has 8 N–H and O–H groups in total. The van der Waals surface area contributed by atoms with Crippen LogP contribution in [0.4, 0.5) is 5.69 Å². The Labute approximate surface area is 252 Å². The number of aliphatic hydroxyl groups is 3. The molecule has 0 spiro atoms. The number of carboxylic acids is 4. The fraction of sp³-hybridized carbons (Fsp3) is 0.407. The largest absolute Gasteiger partial charge is 0.504 e. The third-order valence-electron chi connectivity index (χ3n) is 7.10. The zero-order valence-electron chi connectivity index (χ0n) is 23.0. The average molecular weight is 637 g/mol. The minimum absolute atomic E-state index is 0.123. The molecule has 45 heavy (non-hydrogen) atoms. The first-order valence-electron chi connectivity index (χ1n) is 13.2. The van der Waals surface area contributed by atoms with Crippen molar-refractivity contribution in [2.75, 3.05) is 11.5 Å². The van der Waals surface area contributed by atoms with Crippen LogP contribution >= 0.6 is 0 Å². The molecule has 1 aromatic rings. The maximum atomic E-state index is 12.1. The van der Waals surface area contributed by atoms with Gasteiger partial charge < -0.3 is 60.0 Å². The molecule has 3 aliphatic rings. The van der Waals surface area contributed by atoms with Gasteiger partial charge in [-0.25, -0.2) is 14.4 Å². The van der Waals surface area contributed by atoms with Crippen LogP contribution in [0.5, 0.6) is 11.5 Å². The molecule has 4 rings (SSSR count). The van der Waals surface area contributed by atoms with E-state index in [-0.39, 0.29) is 29.9 Å². The second-order valence-corrected chi connectivity index (χ2v) is 10.2. The van der Waals surface area contributed by atoms with E-state index in [0.717, 1.165) is 12.1 Å². The number of phenolic OH excluding ortho intramolecular Hbond substituents is 1. The van der Waals surface area contributed by atoms with Crippen molar-refractivity contribution in [2.45, 2.75) is 62.1 Å². The first-order valence-corrected chi connectivity index (χ1v) is 13.2. The number of hydrogen-bond donors (Lipinski definition) is 8. The molecular weight excluding hydrogens is 608 g/mol. The van der Waals surface area contributed by atoms with Crippen molar-refractivity contribution in [2.24, 2.45) is 4.99 Å². The van der Waals surface area contributed by atoms with Crippen LogP contribution in [0.25, 0.3) is 0 Å². The number of dihydropyridines is 1. The predicted molar refractivity (Wildman–Crippen MR) is 145 cm³/mol. The molecule has 18 heteroatoms. The number of benzene rings is 1. The molecule has 0 radical (unpaired) electrons. The van der Waals surface area contributed by atoms with Crippen molar-refractivity contribution in [3.8, 4) is 11.5 Å². The van der Waals surface area contributed by atoms with E-state index in [4.69, 9.17) is 19.3 Å². The van der Waals surface area contributed by atoms with Crippen LogP contribution in [0.2, 0.25) is 0 Å². The number of aliphatic hydroxyl groups excluding tert-OH is 3. The second kappa shape index (κ2) is 13.3. The fourth-order valence-electron chi connectivity index (χ4n) is 4.96. The Morgan fingerprint density at radius 2 is 1.73 bits per heavy atom. The van der Waals surface area contributed by atoms with E-state index < -0.39 is 97.1 Å². The minimum atomic E-state index is -1.92. The molecule has 0 saturated carbocycles. The lowest BCUT2D eigenvalue weighted by Crippen LogP contribution is -2.61. The lowest BCUT2D eigenvalue weighted by atomic mass is 9.99. The summed E-state index contributed by atoms with van der Waals surface area (Å²) in [5, 5.41) is 78.7. The van der Waals surface area contributed by atoms with Gasteiger partial charge in [-0.15, -0.1) is 0 Å². The van der Waals surface area contributed by atoms with Gasteiger partial charge in [0.25, 0.3) is 0 Å². The Morgan fingerprint density at radius 1 is 1.02 bits per heavy atom. The first-order chi connectivity index (χ1) is 21.2. The molecule has 0 amide bonds. The molecule has 0 aliphatic carbocycles. The third kappa shape index (κ3) is 7.20. The molecule has 3 aliphatic heterocycles. The quantitative estimate of drug-likeness (QED) is 0.0985. The Morgan fingerprint density at radius 3 is 2.33 bits per heavy atom. The number of aliphatic imine (C=N–C) groups is 1. The van der Waals surface area contributed by atoms with Crippen LogP contribution in [0.15, 0.2) is 41.1 Å². The monoisotopic (exact) mass is 636 g/mol. The van der Waals surface area contributed by atoms with Gasteiger partial charge in [-0.3, -0.25) is 14.6 Å². The number of hydrogen-bond acceptors (Lipinski definition) is 14. The summed E-state index contributed by atoms with van der Waals surface area (Å²) in [7, 11) is 0. The summed E-state index contributed by atoms with van der Waals surface area (Å²) in [5.41, 5.74) is 0.281. The van der Waals surface area contributed by atoms with E-state index in [9.17, 15) is 59.7 Å². The van der Waals surface area contributed by atoms with Crippen molar-refractivity contribution in [3.63, 3.8) is 0 Å². The molecule has 0 aromatic heterocycles. The zero-order valence-corrected chi connectivity index (χ0v) is 23.0. The number of fused-ring (bicyclic) bond motifs is 1. The third-order valence-corrected chi connectivity index (χ3v) is 7.10. The van der Waals surface area contributed by atoms with E-state index >= 15 is 0 Å². The number of carbonyl (C=O) groups excluding carboxylic acids is 1. The molecule has 0 unspecified atom stereocenters. The molecule has 0 bridgehead atoms. The van der Waals surface area contributed by atoms with Crippen LogP contribution in [-0.2, 0) is 39.9 Å². The fourth-order valence-corrected chi connectivity index (χ4v) is 4.96. The zero-order chi connectivity index (χ0) is 33.2. The van der Waals surface area contributed by atoms with Crippen molar-refractivity contribution in [1.82, 2.24) is 0 Å². The van der Waals surface area contributed by atoms with Gasteiger partial charge in [0.05, 0.1) is 6.61 Å². The molecule has 242 valence electrons. The number of carbonyl (C=O) groups is 5. The maximum absolute atomic E-state index is 12.1. The Bertz CT molecular complexity index is 1480. The van der Waals surface area contributed by atoms with E-state index in [1.807, 2.05) is 0 Å². The number of rotatable bonds is 11. The summed E-state index contributed by atoms with van der Waals surface area (Å²) in [4.78, 5) is 62.4. The smallest absolute Gasteiger partial charge is 0.354 e. The molecule has 1 saturated heterocycles. The maximum Gasteiger partial charge on any atom is 0.354 e. The predicted octanol–water partition coefficient (Wildman–Crippen LogP) is -1.77. The summed E-state index contributed by atoms with van der Waals surface area (Å²) in [6, 6.07) is -0.182. The highest BCUT2D eigenvalue weighted by atomic mass is 16.7. The highest BCUT2D eigenvalue weighted by Crippen LogP contribution is 2.42. The number of allylic oxidation sites excluding steroid dienone is 1. The van der Waals surface area contributed by atoms with Gasteiger partial charge in [-0.05, 0) is 29.4 Å². The van der Waals surface area contributed by atoms with E-state index in [1.54, 1.807) is 0 Å². The normalized spacial score (nSPS) is 27.7. The summed E-state index contributed by atoms with van der Waals surface area (Å²) in [5.74, 6) is -7.73. The van der Waals surface area contributed by atoms with Gasteiger partial charge in [0.2, 0.25) is 6.29 Å². The Balaban J connectivity index is 1.56. The van der Waals surface area contributed by atoms with Crippen molar-refractivity contribution < 1.29 is 79.0 Å². The van der Waals surface area contributed by atoms with Crippen molar-refractivity contribution in [3.05, 3.63) is 41.6 Å². The topological polar surface area (TPSA) is 290 Å². The van der Waals surface area contributed by atoms with Gasteiger partial charge in [-0.2, -0.15) is 0 Å². The number of phenols is 1. The van der Waals surface area contributed by atoms with Crippen LogP contribution < -0.4 is 9.64 Å². The molecule has 3 heterocycles. The van der Waals surface area contributed by atoms with Gasteiger partial charge >= 0.3 is 29.8 Å². The highest BCUT2D eigenvalue weighted by molar-refractivity contribution is 6.41. The Kier molecular flexibility index (Phi) is 9.72. The summed E-state index contributed by atoms with van der Waals surface area (Å²) < 4.78 is 15.8. The van der Waals surface area contributed by atoms with Gasteiger partial charge in [0.15, 0.2) is 23.6 Å². The number of ether oxygens (including phenoxy) is 3. The lowest BCUT2D eigenvalue weighted by molar-refractivity contribution is -0.281. The second-order valence-electron chi connectivity index (χ2n) is 10.2. The summed E-state index contributed by atoms with van der Waals surface area (Å²) in [6.45, 7) is -0.851. The summed E-state index contributed by atoms with van der Waals surface area (Å²) in [6.07, 6.45) is -6.27. The van der Waals surface area contributed by atoms with E-state index in [2.05, 4.69) is 4.99 Å². The molecule has 1 aromatic carbocycles. The lowest BCUT2D eigenvalue weighted by Gasteiger charge is -2.41. The van der Waals surface area contributed by atoms with E-state index in [0.29, 0.717) is 5.56 Å². The standard InChI is InChI=1S/C27H28N2O16/c30-9-18-23(45-20(34)8-19(32)33)21(35)22(36)27(44-18)43-17-6-11-5-15(26(41)42)29(14(11)7-16(17)31)2-1-10-3-12(24(37)38)28-13(4-10)25(39)40/h1-3,6-7,13,15,18,21-23,27,30-31,35-36H,4-5,8-9H2,(H,32,33)(H,37,38)(H,39,40)(H,41,42)/b2-1+/t13-,15-,18+,21+,22+,23+,27+/m0/s1. The SMILES string of the molecule is O=C(O)CC(=O)O[C@H]1[C@H](O)[C@@H](O)[C@H](Oc2cc3c(cc2O)N(/C=C/C2=CC(C(=O)O)=N[C@H](C(=O)O)C2)[C@H](C(=O)O)C3)O[C@@H]1CO. The molecule has 1 fully saturated rings. The number of anilines is 1. The number of carboxylic acid groups (broad SMARTS) is 4. The number of aromatic hydroxyl groups is 1. The minimum Gasteiger partial charge on any atom is -0.504 e. The average Bonchev–Trinajstić information content (AvgIpc) is 3.32. The van der Waals surface area contributed by atoms with Crippen molar-refractivity contribution >= 4 is 41.2 Å². The van der Waals surface area contributed by atoms with Crippen LogP contribution in [0, 0.1) is 0 Å². The molecule has 7 atom stereocenters. The number of esters is 1. The van der Waals surface area contributed by atoms with E-state index in [1.165, 1.54) is 23.2 Å². The molecule has 18 nitrogen and oxygen atoms in total.